The van der Waals surface area contributed by atoms with E-state index in [1.807, 2.05) is 22.9 Å². The van der Waals surface area contributed by atoms with Crippen molar-refractivity contribution in [1.29, 1.82) is 0 Å². The largest absolute Gasteiger partial charge is 0.496 e. The van der Waals surface area contributed by atoms with Crippen LogP contribution in [0, 0.1) is 0 Å². The van der Waals surface area contributed by atoms with Crippen molar-refractivity contribution in [2.45, 2.75) is 12.4 Å². The molecule has 2 rings (SSSR count). The van der Waals surface area contributed by atoms with Crippen molar-refractivity contribution < 1.29 is 4.74 Å². The summed E-state index contributed by atoms with van der Waals surface area (Å²) < 4.78 is 7.27. The van der Waals surface area contributed by atoms with Gasteiger partial charge in [-0.1, -0.05) is 11.6 Å². The van der Waals surface area contributed by atoms with Crippen LogP contribution in [0.1, 0.15) is 11.4 Å². The standard InChI is InChI=1S/C12H12Cl2N2O/c1-17-11-3-2-10(14)6-9(11)8-16-5-4-15-12(16)7-13/h2-6H,7-8H2,1H3. The van der Waals surface area contributed by atoms with Crippen molar-refractivity contribution >= 4 is 23.2 Å². The molecule has 0 saturated heterocycles. The number of methoxy groups -OCH3 is 1. The zero-order valence-corrected chi connectivity index (χ0v) is 10.9. The van der Waals surface area contributed by atoms with E-state index in [-0.39, 0.29) is 0 Å². The van der Waals surface area contributed by atoms with Gasteiger partial charge in [0.25, 0.3) is 0 Å². The fraction of sp³-hybridized carbons (Fsp3) is 0.250. The summed E-state index contributed by atoms with van der Waals surface area (Å²) in [5.41, 5.74) is 1.00. The predicted molar refractivity (Wildman–Crippen MR) is 68.9 cm³/mol. The molecule has 0 aliphatic carbocycles. The summed E-state index contributed by atoms with van der Waals surface area (Å²) in [6.07, 6.45) is 3.62. The number of benzene rings is 1. The summed E-state index contributed by atoms with van der Waals surface area (Å²) in [6.45, 7) is 0.645. The number of rotatable bonds is 4. The van der Waals surface area contributed by atoms with Gasteiger partial charge in [0.05, 0.1) is 19.5 Å². The Kier molecular flexibility index (Phi) is 3.92. The van der Waals surface area contributed by atoms with E-state index in [4.69, 9.17) is 27.9 Å². The average Bonchev–Trinajstić information content (AvgIpc) is 2.77. The number of imidazole rings is 1. The molecule has 0 bridgehead atoms. The minimum Gasteiger partial charge on any atom is -0.496 e. The lowest BCUT2D eigenvalue weighted by molar-refractivity contribution is 0.408. The van der Waals surface area contributed by atoms with E-state index in [0.29, 0.717) is 17.4 Å². The third-order valence-corrected chi connectivity index (χ3v) is 2.98. The Morgan fingerprint density at radius 2 is 2.24 bits per heavy atom. The zero-order valence-electron chi connectivity index (χ0n) is 9.36. The second-order valence-corrected chi connectivity index (χ2v) is 4.26. The first-order valence-electron chi connectivity index (χ1n) is 5.13. The van der Waals surface area contributed by atoms with Gasteiger partial charge >= 0.3 is 0 Å². The van der Waals surface area contributed by atoms with Crippen LogP contribution in [0.2, 0.25) is 5.02 Å². The summed E-state index contributed by atoms with van der Waals surface area (Å²) >= 11 is 11.8. The Morgan fingerprint density at radius 3 is 2.94 bits per heavy atom. The number of hydrogen-bond donors (Lipinski definition) is 0. The number of ether oxygens (including phenoxy) is 1. The molecule has 1 aromatic heterocycles. The van der Waals surface area contributed by atoms with Gasteiger partial charge in [-0.05, 0) is 18.2 Å². The van der Waals surface area contributed by atoms with Crippen molar-refractivity contribution in [3.8, 4) is 5.75 Å². The van der Waals surface area contributed by atoms with Gasteiger partial charge in [0.15, 0.2) is 0 Å². The molecule has 0 unspecified atom stereocenters. The molecule has 5 heteroatoms. The summed E-state index contributed by atoms with van der Waals surface area (Å²) in [4.78, 5) is 4.17. The van der Waals surface area contributed by atoms with E-state index >= 15 is 0 Å². The summed E-state index contributed by atoms with van der Waals surface area (Å²) in [7, 11) is 1.64. The highest BCUT2D eigenvalue weighted by Crippen LogP contribution is 2.23. The molecular formula is C12H12Cl2N2O. The molecule has 0 aliphatic heterocycles. The van der Waals surface area contributed by atoms with Gasteiger partial charge in [0, 0.05) is 23.0 Å². The van der Waals surface area contributed by atoms with Gasteiger partial charge in [-0.25, -0.2) is 4.98 Å². The summed E-state index contributed by atoms with van der Waals surface area (Å²) in [5.74, 6) is 2.02. The Labute approximate surface area is 110 Å². The van der Waals surface area contributed by atoms with Crippen LogP contribution in [0.15, 0.2) is 30.6 Å². The van der Waals surface area contributed by atoms with Crippen LogP contribution in [0.5, 0.6) is 5.75 Å². The van der Waals surface area contributed by atoms with Crippen LogP contribution >= 0.6 is 23.2 Å². The summed E-state index contributed by atoms with van der Waals surface area (Å²) in [6, 6.07) is 5.55. The topological polar surface area (TPSA) is 27.1 Å². The van der Waals surface area contributed by atoms with Crippen LogP contribution in [0.25, 0.3) is 0 Å². The minimum atomic E-state index is 0.385. The lowest BCUT2D eigenvalue weighted by Gasteiger charge is -2.11. The zero-order chi connectivity index (χ0) is 12.3. The number of alkyl halides is 1. The van der Waals surface area contributed by atoms with E-state index in [9.17, 15) is 0 Å². The molecule has 1 aromatic carbocycles. The molecule has 17 heavy (non-hydrogen) atoms. The molecule has 0 aliphatic rings. The maximum atomic E-state index is 5.98. The molecule has 0 saturated carbocycles. The molecule has 3 nitrogen and oxygen atoms in total. The molecule has 0 radical (unpaired) electrons. The van der Waals surface area contributed by atoms with Gasteiger partial charge in [0.2, 0.25) is 0 Å². The second-order valence-electron chi connectivity index (χ2n) is 3.56. The van der Waals surface area contributed by atoms with Gasteiger partial charge in [-0.3, -0.25) is 0 Å². The minimum absolute atomic E-state index is 0.385. The normalized spacial score (nSPS) is 10.5. The highest BCUT2D eigenvalue weighted by atomic mass is 35.5. The Morgan fingerprint density at radius 1 is 1.41 bits per heavy atom. The van der Waals surface area contributed by atoms with Gasteiger partial charge in [0.1, 0.15) is 11.6 Å². The number of hydrogen-bond acceptors (Lipinski definition) is 2. The third-order valence-electron chi connectivity index (χ3n) is 2.50. The Hall–Kier alpha value is -1.19. The van der Waals surface area contributed by atoms with Gasteiger partial charge in [-0.2, -0.15) is 0 Å². The highest BCUT2D eigenvalue weighted by molar-refractivity contribution is 6.30. The SMILES string of the molecule is COc1ccc(Cl)cc1Cn1ccnc1CCl. The highest BCUT2D eigenvalue weighted by Gasteiger charge is 2.07. The van der Waals surface area contributed by atoms with E-state index in [1.165, 1.54) is 0 Å². The van der Waals surface area contributed by atoms with Crippen molar-refractivity contribution in [2.75, 3.05) is 7.11 Å². The van der Waals surface area contributed by atoms with Gasteiger partial charge in [-0.15, -0.1) is 11.6 Å². The Bertz CT molecular complexity index is 511. The second kappa shape index (κ2) is 5.43. The smallest absolute Gasteiger partial charge is 0.123 e. The fourth-order valence-corrected chi connectivity index (χ4v) is 2.09. The van der Waals surface area contributed by atoms with Crippen LogP contribution in [0.3, 0.4) is 0 Å². The summed E-state index contributed by atoms with van der Waals surface area (Å²) in [5, 5.41) is 0.688. The fourth-order valence-electron chi connectivity index (χ4n) is 1.67. The maximum Gasteiger partial charge on any atom is 0.123 e. The van der Waals surface area contributed by atoms with Gasteiger partial charge < -0.3 is 9.30 Å². The Balaban J connectivity index is 2.32. The first-order valence-corrected chi connectivity index (χ1v) is 6.04. The lowest BCUT2D eigenvalue weighted by atomic mass is 10.2. The monoisotopic (exact) mass is 270 g/mol. The van der Waals surface area contributed by atoms with Crippen LogP contribution in [-0.2, 0) is 12.4 Å². The molecule has 2 aromatic rings. The molecule has 0 amide bonds. The van der Waals surface area contributed by atoms with Crippen molar-refractivity contribution in [3.63, 3.8) is 0 Å². The van der Waals surface area contributed by atoms with Crippen molar-refractivity contribution in [2.24, 2.45) is 0 Å². The van der Waals surface area contributed by atoms with E-state index < -0.39 is 0 Å². The molecule has 0 N–H and O–H groups in total. The number of aromatic nitrogens is 2. The predicted octanol–water partition coefficient (Wildman–Crippen LogP) is 3.33. The molecule has 1 heterocycles. The first kappa shape index (κ1) is 12.3. The van der Waals surface area contributed by atoms with E-state index in [2.05, 4.69) is 4.98 Å². The molecular weight excluding hydrogens is 259 g/mol. The van der Waals surface area contributed by atoms with Crippen LogP contribution in [-0.4, -0.2) is 16.7 Å². The lowest BCUT2D eigenvalue weighted by Crippen LogP contribution is -2.04. The van der Waals surface area contributed by atoms with Crippen molar-refractivity contribution in [3.05, 3.63) is 47.0 Å². The first-order chi connectivity index (χ1) is 8.24. The third kappa shape index (κ3) is 2.73. The molecule has 0 spiro atoms. The number of halogens is 2. The molecule has 0 fully saturated rings. The van der Waals surface area contributed by atoms with Crippen LogP contribution in [0.4, 0.5) is 0 Å². The number of nitrogens with zero attached hydrogens (tertiary/aromatic N) is 2. The average molecular weight is 271 g/mol. The quantitative estimate of drug-likeness (QED) is 0.797. The van der Waals surface area contributed by atoms with E-state index in [0.717, 1.165) is 17.1 Å². The molecule has 90 valence electrons. The maximum absolute atomic E-state index is 5.98. The van der Waals surface area contributed by atoms with Crippen LogP contribution < -0.4 is 4.74 Å². The molecule has 0 atom stereocenters. The van der Waals surface area contributed by atoms with E-state index in [1.54, 1.807) is 19.4 Å². The van der Waals surface area contributed by atoms with Crippen molar-refractivity contribution in [1.82, 2.24) is 9.55 Å².